The van der Waals surface area contributed by atoms with Crippen molar-refractivity contribution in [2.75, 3.05) is 14.2 Å². The Morgan fingerprint density at radius 3 is 1.10 bits per heavy atom. The predicted octanol–water partition coefficient (Wildman–Crippen LogP) is 6.64. The van der Waals surface area contributed by atoms with Crippen molar-refractivity contribution < 1.29 is 9.47 Å². The molecule has 1 fully saturated rings. The molecule has 1 aliphatic rings. The molecule has 0 N–H and O–H groups in total. The molecule has 1 heterocycles. The van der Waals surface area contributed by atoms with Gasteiger partial charge in [0, 0.05) is 0 Å². The van der Waals surface area contributed by atoms with Crippen molar-refractivity contribution >= 4 is 11.8 Å². The molecular formula is C28H24O2S. The number of ether oxygens (including phenoxy) is 2. The number of hydrogen-bond acceptors (Lipinski definition) is 3. The summed E-state index contributed by atoms with van der Waals surface area (Å²) in [6, 6.07) is 38.7. The van der Waals surface area contributed by atoms with Gasteiger partial charge in [0.1, 0.15) is 11.5 Å². The lowest BCUT2D eigenvalue weighted by atomic mass is 9.74. The molecule has 0 saturated carbocycles. The van der Waals surface area contributed by atoms with E-state index in [2.05, 4.69) is 109 Å². The molecule has 0 bridgehead atoms. The first kappa shape index (κ1) is 19.8. The zero-order valence-corrected chi connectivity index (χ0v) is 18.4. The van der Waals surface area contributed by atoms with Gasteiger partial charge < -0.3 is 9.47 Å². The molecule has 0 spiro atoms. The summed E-state index contributed by atoms with van der Waals surface area (Å²) in [5.74, 6) is 1.74. The van der Waals surface area contributed by atoms with Crippen LogP contribution in [-0.2, 0) is 9.49 Å². The zero-order valence-electron chi connectivity index (χ0n) is 17.6. The molecule has 31 heavy (non-hydrogen) atoms. The van der Waals surface area contributed by atoms with Crippen molar-refractivity contribution in [1.82, 2.24) is 0 Å². The normalized spacial score (nSPS) is 22.0. The molecule has 0 aliphatic carbocycles. The summed E-state index contributed by atoms with van der Waals surface area (Å²) in [5.41, 5.74) is 5.13. The summed E-state index contributed by atoms with van der Waals surface area (Å²) in [7, 11) is 3.42. The van der Waals surface area contributed by atoms with E-state index < -0.39 is 0 Å². The maximum absolute atomic E-state index is 5.43. The molecule has 0 unspecified atom stereocenters. The van der Waals surface area contributed by atoms with Gasteiger partial charge in [0.05, 0.1) is 23.7 Å². The van der Waals surface area contributed by atoms with E-state index in [1.54, 1.807) is 14.2 Å². The van der Waals surface area contributed by atoms with Crippen molar-refractivity contribution in [3.8, 4) is 11.5 Å². The van der Waals surface area contributed by atoms with Gasteiger partial charge in [-0.1, -0.05) is 84.9 Å². The second kappa shape index (κ2) is 7.82. The van der Waals surface area contributed by atoms with Gasteiger partial charge in [-0.05, 0) is 46.5 Å². The van der Waals surface area contributed by atoms with E-state index in [-0.39, 0.29) is 9.49 Å². The standard InChI is InChI=1S/C28H24O2S/c1-29-25-17-13-23(14-18-25)27(21-9-5-3-6-10-21)28(31-27,22-11-7-4-8-12-22)24-15-19-26(30-2)20-16-24/h3-20H,1-2H3/t27-,28+. The van der Waals surface area contributed by atoms with Crippen LogP contribution in [0.2, 0.25) is 0 Å². The minimum atomic E-state index is -0.240. The van der Waals surface area contributed by atoms with Crippen LogP contribution < -0.4 is 9.47 Å². The van der Waals surface area contributed by atoms with Gasteiger partial charge in [0.15, 0.2) is 0 Å². The fraction of sp³-hybridized carbons (Fsp3) is 0.143. The molecule has 0 aromatic heterocycles. The van der Waals surface area contributed by atoms with Gasteiger partial charge in [0.2, 0.25) is 0 Å². The van der Waals surface area contributed by atoms with Crippen LogP contribution in [0.3, 0.4) is 0 Å². The molecule has 4 aromatic rings. The van der Waals surface area contributed by atoms with Gasteiger partial charge in [-0.2, -0.15) is 0 Å². The molecule has 5 rings (SSSR count). The highest BCUT2D eigenvalue weighted by Gasteiger charge is 2.72. The molecule has 2 nitrogen and oxygen atoms in total. The monoisotopic (exact) mass is 424 g/mol. The lowest BCUT2D eigenvalue weighted by molar-refractivity contribution is 0.414. The van der Waals surface area contributed by atoms with Crippen LogP contribution in [0.25, 0.3) is 0 Å². The van der Waals surface area contributed by atoms with Crippen molar-refractivity contribution in [3.63, 3.8) is 0 Å². The summed E-state index contributed by atoms with van der Waals surface area (Å²) in [4.78, 5) is 0. The van der Waals surface area contributed by atoms with Crippen molar-refractivity contribution in [2.45, 2.75) is 9.49 Å². The van der Waals surface area contributed by atoms with Crippen LogP contribution in [0, 0.1) is 0 Å². The Kier molecular flexibility index (Phi) is 4.99. The van der Waals surface area contributed by atoms with Gasteiger partial charge >= 0.3 is 0 Å². The lowest BCUT2D eigenvalue weighted by Crippen LogP contribution is -2.25. The fourth-order valence-corrected chi connectivity index (χ4v) is 6.48. The maximum Gasteiger partial charge on any atom is 0.118 e. The second-order valence-corrected chi connectivity index (χ2v) is 9.08. The molecular weight excluding hydrogens is 400 g/mol. The van der Waals surface area contributed by atoms with Gasteiger partial charge in [-0.3, -0.25) is 0 Å². The summed E-state index contributed by atoms with van der Waals surface area (Å²) in [6.45, 7) is 0. The average Bonchev–Trinajstić information content (AvgIpc) is 3.58. The first-order valence-corrected chi connectivity index (χ1v) is 11.2. The molecule has 4 aromatic carbocycles. The Labute approximate surface area is 187 Å². The van der Waals surface area contributed by atoms with Crippen LogP contribution in [-0.4, -0.2) is 14.2 Å². The number of thioether (sulfide) groups is 1. The molecule has 1 saturated heterocycles. The minimum absolute atomic E-state index is 0.240. The Hall–Kier alpha value is -3.17. The summed E-state index contributed by atoms with van der Waals surface area (Å²) >= 11 is 1.99. The van der Waals surface area contributed by atoms with Crippen LogP contribution in [0.5, 0.6) is 11.5 Å². The number of methoxy groups -OCH3 is 2. The lowest BCUT2D eigenvalue weighted by Gasteiger charge is -2.26. The second-order valence-electron chi connectivity index (χ2n) is 7.65. The zero-order chi connectivity index (χ0) is 21.3. The number of benzene rings is 4. The number of hydrogen-bond donors (Lipinski definition) is 0. The van der Waals surface area contributed by atoms with E-state index in [0.717, 1.165) is 11.5 Å². The van der Waals surface area contributed by atoms with E-state index in [4.69, 9.17) is 9.47 Å². The van der Waals surface area contributed by atoms with Crippen molar-refractivity contribution in [1.29, 1.82) is 0 Å². The first-order valence-electron chi connectivity index (χ1n) is 10.3. The largest absolute Gasteiger partial charge is 0.497 e. The molecule has 1 aliphatic heterocycles. The Morgan fingerprint density at radius 1 is 0.452 bits per heavy atom. The highest BCUT2D eigenvalue weighted by atomic mass is 32.2. The minimum Gasteiger partial charge on any atom is -0.497 e. The Bertz CT molecular complexity index is 1060. The highest BCUT2D eigenvalue weighted by Crippen LogP contribution is 2.80. The third-order valence-electron chi connectivity index (χ3n) is 6.11. The molecule has 2 atom stereocenters. The van der Waals surface area contributed by atoms with E-state index in [1.165, 1.54) is 22.3 Å². The van der Waals surface area contributed by atoms with Crippen LogP contribution >= 0.6 is 11.8 Å². The summed E-state index contributed by atoms with van der Waals surface area (Å²) in [6.07, 6.45) is 0. The van der Waals surface area contributed by atoms with Crippen LogP contribution in [0.4, 0.5) is 0 Å². The highest BCUT2D eigenvalue weighted by molar-refractivity contribution is 8.09. The van der Waals surface area contributed by atoms with E-state index in [9.17, 15) is 0 Å². The van der Waals surface area contributed by atoms with Crippen molar-refractivity contribution in [3.05, 3.63) is 131 Å². The van der Waals surface area contributed by atoms with Crippen molar-refractivity contribution in [2.24, 2.45) is 0 Å². The van der Waals surface area contributed by atoms with Crippen LogP contribution in [0.15, 0.2) is 109 Å². The molecule has 0 amide bonds. The maximum atomic E-state index is 5.43. The topological polar surface area (TPSA) is 18.5 Å². The third kappa shape index (κ3) is 3.03. The van der Waals surface area contributed by atoms with Gasteiger partial charge in [0.25, 0.3) is 0 Å². The molecule has 0 radical (unpaired) electrons. The van der Waals surface area contributed by atoms with E-state index in [1.807, 2.05) is 11.8 Å². The quantitative estimate of drug-likeness (QED) is 0.323. The predicted molar refractivity (Wildman–Crippen MR) is 128 cm³/mol. The fourth-order valence-electron chi connectivity index (χ4n) is 4.58. The molecule has 154 valence electrons. The van der Waals surface area contributed by atoms with E-state index >= 15 is 0 Å². The molecule has 3 heteroatoms. The van der Waals surface area contributed by atoms with Crippen LogP contribution in [0.1, 0.15) is 22.3 Å². The SMILES string of the molecule is COc1ccc([C@@]2(c3ccccc3)S[C@@]2(c2ccccc2)c2ccc(OC)cc2)cc1. The summed E-state index contributed by atoms with van der Waals surface area (Å²) in [5, 5.41) is 0. The smallest absolute Gasteiger partial charge is 0.118 e. The average molecular weight is 425 g/mol. The van der Waals surface area contributed by atoms with E-state index in [0.29, 0.717) is 0 Å². The third-order valence-corrected chi connectivity index (χ3v) is 8.08. The Balaban J connectivity index is 1.77. The van der Waals surface area contributed by atoms with Gasteiger partial charge in [-0.15, -0.1) is 11.8 Å². The van der Waals surface area contributed by atoms with Gasteiger partial charge in [-0.25, -0.2) is 0 Å². The number of rotatable bonds is 6. The summed E-state index contributed by atoms with van der Waals surface area (Å²) < 4.78 is 10.4. The Morgan fingerprint density at radius 2 is 0.774 bits per heavy atom. The first-order chi connectivity index (χ1) is 15.2.